The van der Waals surface area contributed by atoms with E-state index in [9.17, 15) is 13.6 Å². The molecule has 6 nitrogen and oxygen atoms in total. The van der Waals surface area contributed by atoms with E-state index in [1.165, 1.54) is 6.07 Å². The lowest BCUT2D eigenvalue weighted by Crippen LogP contribution is -2.43. The molecular weight excluding hydrogens is 342 g/mol. The van der Waals surface area contributed by atoms with E-state index in [0.29, 0.717) is 13.0 Å². The predicted octanol–water partition coefficient (Wildman–Crippen LogP) is 3.80. The summed E-state index contributed by atoms with van der Waals surface area (Å²) in [5.41, 5.74) is 0.0707. The number of hydrogen-bond donors (Lipinski definition) is 1. The van der Waals surface area contributed by atoms with Gasteiger partial charge in [-0.15, -0.1) is 0 Å². The molecule has 1 aliphatic heterocycles. The Bertz CT molecular complexity index is 804. The highest BCUT2D eigenvalue weighted by molar-refractivity contribution is 5.75. The average molecular weight is 362 g/mol. The van der Waals surface area contributed by atoms with Crippen LogP contribution in [0.5, 0.6) is 0 Å². The number of rotatable bonds is 3. The lowest BCUT2D eigenvalue weighted by atomic mass is 10.2. The molecule has 2 fully saturated rings. The highest BCUT2D eigenvalue weighted by atomic mass is 19.1. The van der Waals surface area contributed by atoms with Crippen molar-refractivity contribution in [3.05, 3.63) is 35.7 Å². The zero-order chi connectivity index (χ0) is 18.1. The first-order chi connectivity index (χ1) is 12.6. The first kappa shape index (κ1) is 16.9. The van der Waals surface area contributed by atoms with Crippen molar-refractivity contribution in [2.45, 2.75) is 50.6 Å². The minimum absolute atomic E-state index is 0.0561. The van der Waals surface area contributed by atoms with E-state index in [4.69, 9.17) is 4.52 Å². The third-order valence-electron chi connectivity index (χ3n) is 5.10. The molecule has 1 N–H and O–H groups in total. The number of aromatic nitrogens is 2. The molecule has 1 aromatic heterocycles. The van der Waals surface area contributed by atoms with Crippen LogP contribution in [-0.4, -0.2) is 33.7 Å². The minimum atomic E-state index is -0.750. The van der Waals surface area contributed by atoms with Gasteiger partial charge in [-0.1, -0.05) is 18.0 Å². The zero-order valence-corrected chi connectivity index (χ0v) is 14.3. The second-order valence-corrected chi connectivity index (χ2v) is 6.86. The molecule has 8 heteroatoms. The smallest absolute Gasteiger partial charge is 0.318 e. The van der Waals surface area contributed by atoms with Gasteiger partial charge >= 0.3 is 6.03 Å². The second-order valence-electron chi connectivity index (χ2n) is 6.86. The Hall–Kier alpha value is -2.51. The van der Waals surface area contributed by atoms with Crippen molar-refractivity contribution < 1.29 is 18.1 Å². The number of urea groups is 1. The van der Waals surface area contributed by atoms with Gasteiger partial charge in [-0.2, -0.15) is 4.98 Å². The van der Waals surface area contributed by atoms with E-state index in [1.54, 1.807) is 4.90 Å². The fraction of sp³-hybridized carbons (Fsp3) is 0.500. The summed E-state index contributed by atoms with van der Waals surface area (Å²) in [6.45, 7) is 0.617. The molecule has 1 saturated heterocycles. The molecule has 2 amide bonds. The SMILES string of the molecule is O=C(NC1CCCC1)N1CCC[C@@H]1c1nc(-c2ccc(F)cc2F)no1. The summed E-state index contributed by atoms with van der Waals surface area (Å²) in [4.78, 5) is 18.5. The molecule has 1 aromatic carbocycles. The van der Waals surface area contributed by atoms with Crippen molar-refractivity contribution in [3.63, 3.8) is 0 Å². The maximum absolute atomic E-state index is 13.9. The van der Waals surface area contributed by atoms with Crippen LogP contribution in [0.4, 0.5) is 13.6 Å². The van der Waals surface area contributed by atoms with E-state index >= 15 is 0 Å². The monoisotopic (exact) mass is 362 g/mol. The highest BCUT2D eigenvalue weighted by Gasteiger charge is 2.35. The van der Waals surface area contributed by atoms with Crippen LogP contribution in [0.25, 0.3) is 11.4 Å². The summed E-state index contributed by atoms with van der Waals surface area (Å²) in [5, 5.41) is 6.88. The summed E-state index contributed by atoms with van der Waals surface area (Å²) in [6.07, 6.45) is 5.86. The quantitative estimate of drug-likeness (QED) is 0.901. The number of carbonyl (C=O) groups is 1. The fourth-order valence-electron chi connectivity index (χ4n) is 3.74. The van der Waals surface area contributed by atoms with Crippen LogP contribution in [0.15, 0.2) is 22.7 Å². The molecule has 1 aliphatic carbocycles. The predicted molar refractivity (Wildman–Crippen MR) is 89.1 cm³/mol. The maximum atomic E-state index is 13.9. The lowest BCUT2D eigenvalue weighted by molar-refractivity contribution is 0.177. The zero-order valence-electron chi connectivity index (χ0n) is 14.3. The van der Waals surface area contributed by atoms with E-state index in [-0.39, 0.29) is 35.4 Å². The molecule has 2 aromatic rings. The summed E-state index contributed by atoms with van der Waals surface area (Å²) < 4.78 is 32.3. The van der Waals surface area contributed by atoms with E-state index < -0.39 is 11.6 Å². The number of carbonyl (C=O) groups excluding carboxylic acids is 1. The molecule has 0 bridgehead atoms. The molecule has 1 atom stereocenters. The van der Waals surface area contributed by atoms with E-state index in [2.05, 4.69) is 15.5 Å². The van der Waals surface area contributed by atoms with Gasteiger partial charge in [-0.3, -0.25) is 0 Å². The number of nitrogens with one attached hydrogen (secondary N) is 1. The molecule has 0 radical (unpaired) electrons. The van der Waals surface area contributed by atoms with Gasteiger partial charge in [0.2, 0.25) is 11.7 Å². The van der Waals surface area contributed by atoms with Crippen molar-refractivity contribution >= 4 is 6.03 Å². The summed E-state index contributed by atoms with van der Waals surface area (Å²) in [6, 6.07) is 3.00. The molecule has 4 rings (SSSR count). The van der Waals surface area contributed by atoms with Crippen molar-refractivity contribution in [3.8, 4) is 11.4 Å². The number of benzene rings is 1. The largest absolute Gasteiger partial charge is 0.337 e. The van der Waals surface area contributed by atoms with Gasteiger partial charge in [0.05, 0.1) is 5.56 Å². The van der Waals surface area contributed by atoms with Crippen LogP contribution >= 0.6 is 0 Å². The van der Waals surface area contributed by atoms with Crippen LogP contribution in [0, 0.1) is 11.6 Å². The van der Waals surface area contributed by atoms with Crippen LogP contribution in [0.3, 0.4) is 0 Å². The first-order valence-corrected chi connectivity index (χ1v) is 8.98. The highest BCUT2D eigenvalue weighted by Crippen LogP contribution is 2.33. The maximum Gasteiger partial charge on any atom is 0.318 e. The van der Waals surface area contributed by atoms with Crippen molar-refractivity contribution in [2.75, 3.05) is 6.54 Å². The number of halogens is 2. The first-order valence-electron chi connectivity index (χ1n) is 8.98. The Balaban J connectivity index is 1.51. The fourth-order valence-corrected chi connectivity index (χ4v) is 3.74. The number of amides is 2. The lowest BCUT2D eigenvalue weighted by Gasteiger charge is -2.24. The topological polar surface area (TPSA) is 71.3 Å². The van der Waals surface area contributed by atoms with Crippen LogP contribution in [0.2, 0.25) is 0 Å². The number of likely N-dealkylation sites (tertiary alicyclic amines) is 1. The second kappa shape index (κ2) is 7.01. The Labute approximate surface area is 149 Å². The molecule has 138 valence electrons. The van der Waals surface area contributed by atoms with Crippen molar-refractivity contribution in [1.82, 2.24) is 20.4 Å². The van der Waals surface area contributed by atoms with Gasteiger partial charge in [-0.05, 0) is 37.8 Å². The third-order valence-corrected chi connectivity index (χ3v) is 5.10. The van der Waals surface area contributed by atoms with Gasteiger partial charge < -0.3 is 14.7 Å². The minimum Gasteiger partial charge on any atom is -0.337 e. The van der Waals surface area contributed by atoms with E-state index in [0.717, 1.165) is 44.2 Å². The van der Waals surface area contributed by atoms with Gasteiger partial charge in [0.1, 0.15) is 17.7 Å². The Morgan fingerprint density at radius 2 is 2.00 bits per heavy atom. The third kappa shape index (κ3) is 3.27. The summed E-state index contributed by atoms with van der Waals surface area (Å²) >= 11 is 0. The molecule has 26 heavy (non-hydrogen) atoms. The molecule has 1 saturated carbocycles. The summed E-state index contributed by atoms with van der Waals surface area (Å²) in [5.74, 6) is -1.08. The van der Waals surface area contributed by atoms with E-state index in [1.807, 2.05) is 0 Å². The Morgan fingerprint density at radius 3 is 2.77 bits per heavy atom. The Morgan fingerprint density at radius 1 is 1.19 bits per heavy atom. The average Bonchev–Trinajstić information content (AvgIpc) is 3.35. The standard InChI is InChI=1S/C18H20F2N4O2/c19-11-7-8-13(14(20)10-11)16-22-17(26-23-16)15-6-3-9-24(15)18(25)21-12-4-1-2-5-12/h7-8,10,12,15H,1-6,9H2,(H,21,25)/t15-/m1/s1. The van der Waals surface area contributed by atoms with Crippen molar-refractivity contribution in [2.24, 2.45) is 0 Å². The molecule has 0 unspecified atom stereocenters. The van der Waals surface area contributed by atoms with Gasteiger partial charge in [0, 0.05) is 18.7 Å². The molecule has 2 aliphatic rings. The van der Waals surface area contributed by atoms with Gasteiger partial charge in [0.15, 0.2) is 0 Å². The number of hydrogen-bond acceptors (Lipinski definition) is 4. The van der Waals surface area contributed by atoms with Gasteiger partial charge in [0.25, 0.3) is 0 Å². The van der Waals surface area contributed by atoms with Crippen LogP contribution in [-0.2, 0) is 0 Å². The van der Waals surface area contributed by atoms with Crippen LogP contribution < -0.4 is 5.32 Å². The normalized spacial score (nSPS) is 20.7. The molecule has 2 heterocycles. The molecule has 0 spiro atoms. The van der Waals surface area contributed by atoms with Gasteiger partial charge in [-0.25, -0.2) is 13.6 Å². The molecular formula is C18H20F2N4O2. The number of nitrogens with zero attached hydrogens (tertiary/aromatic N) is 3. The van der Waals surface area contributed by atoms with Crippen LogP contribution in [0.1, 0.15) is 50.5 Å². The Kier molecular flexibility index (Phi) is 4.57. The van der Waals surface area contributed by atoms with Crippen molar-refractivity contribution in [1.29, 1.82) is 0 Å². The summed E-state index contributed by atoms with van der Waals surface area (Å²) in [7, 11) is 0.